The van der Waals surface area contributed by atoms with E-state index in [9.17, 15) is 4.79 Å². The number of carbonyl (C=O) groups is 1. The number of nitrogens with one attached hydrogen (secondary N) is 3. The number of aromatic amines is 2. The van der Waals surface area contributed by atoms with Crippen LogP contribution in [0.1, 0.15) is 5.56 Å². The average molecular weight is 524 g/mol. The monoisotopic (exact) mass is 523 g/mol. The molecule has 1 aromatic carbocycles. The molecule has 7 rings (SSSR count). The summed E-state index contributed by atoms with van der Waals surface area (Å²) in [4.78, 5) is 38.8. The van der Waals surface area contributed by atoms with Crippen LogP contribution in [0, 0.1) is 0 Å². The third-order valence-corrected chi connectivity index (χ3v) is 6.49. The first-order valence-corrected chi connectivity index (χ1v) is 12.6. The maximum Gasteiger partial charge on any atom is 0.228 e. The summed E-state index contributed by atoms with van der Waals surface area (Å²) >= 11 is 0. The Labute approximate surface area is 227 Å². The Bertz CT molecular complexity index is 1980. The Morgan fingerprint density at radius 2 is 1.68 bits per heavy atom. The van der Waals surface area contributed by atoms with Crippen molar-refractivity contribution in [2.75, 3.05) is 5.32 Å². The van der Waals surface area contributed by atoms with Crippen LogP contribution in [-0.2, 0) is 11.2 Å². The molecule has 6 aromatic heterocycles. The fourth-order valence-electron chi connectivity index (χ4n) is 4.61. The molecule has 0 bridgehead atoms. The van der Waals surface area contributed by atoms with E-state index in [0.29, 0.717) is 28.4 Å². The van der Waals surface area contributed by atoms with Crippen LogP contribution in [-0.4, -0.2) is 46.0 Å². The number of carbonyl (C=O) groups excluding carboxylic acids is 1. The highest BCUT2D eigenvalue weighted by Gasteiger charge is 2.17. The van der Waals surface area contributed by atoms with Crippen molar-refractivity contribution in [3.8, 4) is 34.0 Å². The van der Waals surface area contributed by atoms with Crippen LogP contribution in [0.3, 0.4) is 0 Å². The van der Waals surface area contributed by atoms with Crippen LogP contribution < -0.4 is 5.32 Å². The number of hydrogen-bond donors (Lipinski definition) is 3. The van der Waals surface area contributed by atoms with E-state index in [1.54, 1.807) is 31.0 Å². The minimum Gasteiger partial charge on any atom is -0.335 e. The van der Waals surface area contributed by atoms with Gasteiger partial charge in [0.05, 0.1) is 46.9 Å². The van der Waals surface area contributed by atoms with E-state index in [0.717, 1.165) is 38.9 Å². The molecule has 0 fully saturated rings. The molecule has 0 spiro atoms. The third-order valence-electron chi connectivity index (χ3n) is 6.49. The van der Waals surface area contributed by atoms with Crippen LogP contribution in [0.4, 0.5) is 5.69 Å². The van der Waals surface area contributed by atoms with Crippen LogP contribution in [0.2, 0.25) is 0 Å². The minimum atomic E-state index is -0.116. The van der Waals surface area contributed by atoms with Gasteiger partial charge in [0.2, 0.25) is 5.91 Å². The fourth-order valence-corrected chi connectivity index (χ4v) is 4.61. The topological polar surface area (TPSA) is 138 Å². The van der Waals surface area contributed by atoms with Crippen LogP contribution in [0.25, 0.3) is 56.1 Å². The van der Waals surface area contributed by atoms with Gasteiger partial charge in [0.1, 0.15) is 11.0 Å². The number of amides is 1. The molecule has 0 unspecified atom stereocenters. The number of fused-ring (bicyclic) bond motifs is 2. The first-order valence-electron chi connectivity index (χ1n) is 12.6. The molecule has 3 N–H and O–H groups in total. The molecule has 192 valence electrons. The molecule has 0 radical (unpaired) electrons. The summed E-state index contributed by atoms with van der Waals surface area (Å²) in [6.07, 6.45) is 8.85. The molecule has 0 saturated carbocycles. The fraction of sp³-hybridized carbons (Fsp3) is 0.0333. The lowest BCUT2D eigenvalue weighted by Crippen LogP contribution is -2.14. The first-order chi connectivity index (χ1) is 19.7. The molecule has 7 aromatic rings. The summed E-state index contributed by atoms with van der Waals surface area (Å²) in [7, 11) is 0. The van der Waals surface area contributed by atoms with E-state index in [1.807, 2.05) is 66.7 Å². The number of benzene rings is 1. The third kappa shape index (κ3) is 4.43. The first kappa shape index (κ1) is 23.4. The molecule has 6 heterocycles. The van der Waals surface area contributed by atoms with E-state index in [1.165, 1.54) is 0 Å². The molecular formula is C30H21N9O. The van der Waals surface area contributed by atoms with Crippen molar-refractivity contribution in [2.24, 2.45) is 0 Å². The Hall–Kier alpha value is -5.77. The highest BCUT2D eigenvalue weighted by atomic mass is 16.1. The summed E-state index contributed by atoms with van der Waals surface area (Å²) in [6.45, 7) is 0. The van der Waals surface area contributed by atoms with Gasteiger partial charge in [0.15, 0.2) is 11.5 Å². The smallest absolute Gasteiger partial charge is 0.228 e. The van der Waals surface area contributed by atoms with Gasteiger partial charge in [0.25, 0.3) is 0 Å². The Balaban J connectivity index is 1.21. The molecule has 0 atom stereocenters. The number of imidazole rings is 1. The van der Waals surface area contributed by atoms with Crippen molar-refractivity contribution >= 4 is 33.7 Å². The predicted molar refractivity (Wildman–Crippen MR) is 152 cm³/mol. The molecule has 0 aliphatic rings. The second-order valence-corrected chi connectivity index (χ2v) is 9.22. The van der Waals surface area contributed by atoms with Gasteiger partial charge in [-0.25, -0.2) is 9.97 Å². The van der Waals surface area contributed by atoms with Crippen molar-refractivity contribution in [1.82, 2.24) is 40.1 Å². The number of aromatic nitrogens is 8. The van der Waals surface area contributed by atoms with E-state index < -0.39 is 0 Å². The Morgan fingerprint density at radius 1 is 0.800 bits per heavy atom. The number of H-pyrrole nitrogens is 2. The van der Waals surface area contributed by atoms with Gasteiger partial charge in [-0.05, 0) is 35.9 Å². The van der Waals surface area contributed by atoms with Gasteiger partial charge >= 0.3 is 0 Å². The number of nitrogens with zero attached hydrogens (tertiary/aromatic N) is 6. The van der Waals surface area contributed by atoms with Crippen molar-refractivity contribution in [3.05, 3.63) is 103 Å². The van der Waals surface area contributed by atoms with E-state index >= 15 is 0 Å². The maximum absolute atomic E-state index is 12.6. The van der Waals surface area contributed by atoms with E-state index in [-0.39, 0.29) is 12.3 Å². The zero-order chi connectivity index (χ0) is 26.9. The van der Waals surface area contributed by atoms with E-state index in [4.69, 9.17) is 9.97 Å². The average Bonchev–Trinajstić information content (AvgIpc) is 3.62. The predicted octanol–water partition coefficient (Wildman–Crippen LogP) is 5.20. The molecule has 1 amide bonds. The second kappa shape index (κ2) is 9.84. The molecule has 10 nitrogen and oxygen atoms in total. The van der Waals surface area contributed by atoms with E-state index in [2.05, 4.69) is 35.5 Å². The minimum absolute atomic E-state index is 0.116. The summed E-state index contributed by atoms with van der Waals surface area (Å²) in [5.41, 5.74) is 8.13. The van der Waals surface area contributed by atoms with Crippen LogP contribution in [0.5, 0.6) is 0 Å². The highest BCUT2D eigenvalue weighted by Crippen LogP contribution is 2.31. The SMILES string of the molecule is O=C(Cc1ccccc1)Nc1cncc(-c2ccc3[nH]nc(-c4nc5c(-c6ccccn6)cncc5[nH]4)c3n2)c1. The lowest BCUT2D eigenvalue weighted by molar-refractivity contribution is -0.115. The van der Waals surface area contributed by atoms with Gasteiger partial charge < -0.3 is 10.3 Å². The largest absolute Gasteiger partial charge is 0.335 e. The Kier molecular flexibility index (Phi) is 5.74. The van der Waals surface area contributed by atoms with Crippen molar-refractivity contribution < 1.29 is 4.79 Å². The molecular weight excluding hydrogens is 502 g/mol. The second-order valence-electron chi connectivity index (χ2n) is 9.22. The lowest BCUT2D eigenvalue weighted by Gasteiger charge is -2.07. The molecule has 40 heavy (non-hydrogen) atoms. The molecule has 0 aliphatic heterocycles. The van der Waals surface area contributed by atoms with Gasteiger partial charge in [0, 0.05) is 29.7 Å². The Morgan fingerprint density at radius 3 is 2.55 bits per heavy atom. The molecule has 10 heteroatoms. The number of rotatable bonds is 6. The van der Waals surface area contributed by atoms with Crippen LogP contribution >= 0.6 is 0 Å². The van der Waals surface area contributed by atoms with Crippen LogP contribution in [0.15, 0.2) is 97.7 Å². The normalized spacial score (nSPS) is 11.2. The summed E-state index contributed by atoms with van der Waals surface area (Å²) in [6, 6.07) is 21.0. The van der Waals surface area contributed by atoms with Gasteiger partial charge in [-0.15, -0.1) is 0 Å². The standard InChI is InChI=1S/C30H21N9O/c40-26(12-18-6-2-1-3-7-18)34-20-13-19(14-31-15-20)22-9-10-24-28(35-22)29(39-38-24)30-36-25-17-32-16-21(27(25)37-30)23-8-4-5-11-33-23/h1-11,13-17H,12H2,(H,34,40)(H,36,37)(H,38,39). The van der Waals surface area contributed by atoms with Crippen molar-refractivity contribution in [1.29, 1.82) is 0 Å². The summed E-state index contributed by atoms with van der Waals surface area (Å²) < 4.78 is 0. The summed E-state index contributed by atoms with van der Waals surface area (Å²) in [5.74, 6) is 0.450. The number of anilines is 1. The molecule has 0 saturated heterocycles. The van der Waals surface area contributed by atoms with Crippen molar-refractivity contribution in [3.63, 3.8) is 0 Å². The number of hydrogen-bond acceptors (Lipinski definition) is 7. The number of pyridine rings is 4. The zero-order valence-corrected chi connectivity index (χ0v) is 21.0. The van der Waals surface area contributed by atoms with Crippen molar-refractivity contribution in [2.45, 2.75) is 6.42 Å². The van der Waals surface area contributed by atoms with Gasteiger partial charge in [-0.1, -0.05) is 36.4 Å². The quantitative estimate of drug-likeness (QED) is 0.272. The summed E-state index contributed by atoms with van der Waals surface area (Å²) in [5, 5.41) is 10.5. The zero-order valence-electron chi connectivity index (χ0n) is 21.0. The molecule has 0 aliphatic carbocycles. The highest BCUT2D eigenvalue weighted by molar-refractivity contribution is 5.96. The lowest BCUT2D eigenvalue weighted by atomic mass is 10.1. The van der Waals surface area contributed by atoms with Gasteiger partial charge in [-0.3, -0.25) is 24.8 Å². The van der Waals surface area contributed by atoms with Gasteiger partial charge in [-0.2, -0.15) is 5.10 Å². The maximum atomic E-state index is 12.6.